The summed E-state index contributed by atoms with van der Waals surface area (Å²) in [6.07, 6.45) is 0. The maximum absolute atomic E-state index is 12.8. The number of anilines is 1. The lowest BCUT2D eigenvalue weighted by Crippen LogP contribution is -2.23. The summed E-state index contributed by atoms with van der Waals surface area (Å²) < 4.78 is 53.2. The van der Waals surface area contributed by atoms with Crippen molar-refractivity contribution in [2.45, 2.75) is 6.61 Å². The first-order valence-electron chi connectivity index (χ1n) is 9.43. The molecule has 2 heterocycles. The monoisotopic (exact) mass is 458 g/mol. The number of rotatable bonds is 5. The molecule has 5 rings (SSSR count). The van der Waals surface area contributed by atoms with Crippen LogP contribution in [0, 0.1) is 0 Å². The lowest BCUT2D eigenvalue weighted by molar-refractivity contribution is 0.0536. The molecule has 2 aliphatic rings. The lowest BCUT2D eigenvalue weighted by atomic mass is 9.89. The van der Waals surface area contributed by atoms with Gasteiger partial charge in [0.15, 0.2) is 23.0 Å². The summed E-state index contributed by atoms with van der Waals surface area (Å²) in [5.74, 6) is 1.31. The van der Waals surface area contributed by atoms with Gasteiger partial charge in [0.05, 0.1) is 25.5 Å². The van der Waals surface area contributed by atoms with Crippen molar-refractivity contribution in [3.63, 3.8) is 0 Å². The predicted molar refractivity (Wildman–Crippen MR) is 114 cm³/mol. The zero-order valence-electron chi connectivity index (χ0n) is 17.1. The molecule has 32 heavy (non-hydrogen) atoms. The average Bonchev–Trinajstić information content (AvgIpc) is 3.38. The van der Waals surface area contributed by atoms with E-state index in [1.165, 1.54) is 14.2 Å². The standard InChI is InChI=1S/C21H18N2O8S/c1-27-15-6-11-12(7-16(15)28-2)20(23-32(22,25)26)13-8-29-21(24)19(13)18(11)10-3-4-14-17(5-10)31-9-30-14/h3-7,23H,8-9H2,1-2H3,(H2,22,25,26). The van der Waals surface area contributed by atoms with Gasteiger partial charge in [-0.05, 0) is 35.2 Å². The van der Waals surface area contributed by atoms with Crippen molar-refractivity contribution >= 4 is 32.6 Å². The lowest BCUT2D eigenvalue weighted by Gasteiger charge is -2.19. The fourth-order valence-corrected chi connectivity index (χ4v) is 4.57. The van der Waals surface area contributed by atoms with E-state index in [1.54, 1.807) is 30.3 Å². The van der Waals surface area contributed by atoms with Gasteiger partial charge in [0.2, 0.25) is 6.79 Å². The first kappa shape index (κ1) is 20.2. The summed E-state index contributed by atoms with van der Waals surface area (Å²) in [4.78, 5) is 12.8. The number of nitrogens with one attached hydrogen (secondary N) is 1. The Balaban J connectivity index is 1.92. The van der Waals surface area contributed by atoms with Crippen molar-refractivity contribution < 1.29 is 36.9 Å². The highest BCUT2D eigenvalue weighted by Crippen LogP contribution is 2.48. The summed E-state index contributed by atoms with van der Waals surface area (Å²) in [5.41, 5.74) is 1.94. The van der Waals surface area contributed by atoms with E-state index < -0.39 is 16.2 Å². The molecule has 0 spiro atoms. The number of benzene rings is 3. The molecule has 0 aromatic heterocycles. The molecule has 0 aliphatic carbocycles. The molecule has 3 N–H and O–H groups in total. The fraction of sp³-hybridized carbons (Fsp3) is 0.190. The molecule has 0 atom stereocenters. The van der Waals surface area contributed by atoms with Gasteiger partial charge in [0, 0.05) is 16.5 Å². The van der Waals surface area contributed by atoms with Gasteiger partial charge in [-0.2, -0.15) is 8.42 Å². The number of carbonyl (C=O) groups excluding carboxylic acids is 1. The topological polar surface area (TPSA) is 135 Å². The second kappa shape index (κ2) is 7.18. The molecule has 0 saturated heterocycles. The van der Waals surface area contributed by atoms with E-state index in [9.17, 15) is 13.2 Å². The van der Waals surface area contributed by atoms with Crippen LogP contribution in [0.4, 0.5) is 5.69 Å². The minimum atomic E-state index is -4.15. The third-order valence-corrected chi connectivity index (χ3v) is 5.86. The summed E-state index contributed by atoms with van der Waals surface area (Å²) in [7, 11) is -1.21. The maximum Gasteiger partial charge on any atom is 0.339 e. The van der Waals surface area contributed by atoms with Crippen LogP contribution in [0.15, 0.2) is 30.3 Å². The van der Waals surface area contributed by atoms with Crippen LogP contribution in [0.25, 0.3) is 21.9 Å². The molecule has 0 bridgehead atoms. The van der Waals surface area contributed by atoms with E-state index in [2.05, 4.69) is 4.72 Å². The van der Waals surface area contributed by atoms with E-state index in [1.807, 2.05) is 0 Å². The highest BCUT2D eigenvalue weighted by molar-refractivity contribution is 7.90. The van der Waals surface area contributed by atoms with Gasteiger partial charge in [-0.25, -0.2) is 9.93 Å². The van der Waals surface area contributed by atoms with Crippen LogP contribution in [0.5, 0.6) is 23.0 Å². The maximum atomic E-state index is 12.8. The van der Waals surface area contributed by atoms with Crippen LogP contribution < -0.4 is 28.8 Å². The Morgan fingerprint density at radius 1 is 0.938 bits per heavy atom. The number of methoxy groups -OCH3 is 2. The highest BCUT2D eigenvalue weighted by atomic mass is 32.2. The summed E-state index contributed by atoms with van der Waals surface area (Å²) in [5, 5.41) is 6.27. The number of nitrogens with two attached hydrogens (primary N) is 1. The molecule has 3 aromatic carbocycles. The van der Waals surface area contributed by atoms with Gasteiger partial charge >= 0.3 is 5.97 Å². The summed E-state index contributed by atoms with van der Waals surface area (Å²) in [6, 6.07) is 8.59. The number of hydrogen-bond acceptors (Lipinski definition) is 8. The van der Waals surface area contributed by atoms with E-state index >= 15 is 0 Å². The van der Waals surface area contributed by atoms with Crippen molar-refractivity contribution in [2.24, 2.45) is 5.14 Å². The largest absolute Gasteiger partial charge is 0.493 e. The van der Waals surface area contributed by atoms with Crippen molar-refractivity contribution in [3.8, 4) is 34.1 Å². The minimum absolute atomic E-state index is 0.0991. The molecule has 3 aromatic rings. The smallest absolute Gasteiger partial charge is 0.339 e. The van der Waals surface area contributed by atoms with Gasteiger partial charge in [0.1, 0.15) is 6.61 Å². The Labute approximate surface area is 182 Å². The van der Waals surface area contributed by atoms with Crippen LogP contribution in [-0.2, 0) is 21.6 Å². The summed E-state index contributed by atoms with van der Waals surface area (Å²) >= 11 is 0. The third kappa shape index (κ3) is 3.13. The molecule has 0 radical (unpaired) electrons. The van der Waals surface area contributed by atoms with Crippen LogP contribution in [0.3, 0.4) is 0 Å². The number of fused-ring (bicyclic) bond motifs is 3. The Kier molecular flexibility index (Phi) is 4.53. The SMILES string of the molecule is COc1cc2c(NS(N)(=O)=O)c3c(c(-c4ccc5c(c4)OCO5)c2cc1OC)C(=O)OC3. The van der Waals surface area contributed by atoms with Gasteiger partial charge in [-0.3, -0.25) is 4.72 Å². The number of carbonyl (C=O) groups is 1. The minimum Gasteiger partial charge on any atom is -0.493 e. The normalized spacial score (nSPS) is 14.3. The van der Waals surface area contributed by atoms with E-state index in [0.717, 1.165) is 0 Å². The van der Waals surface area contributed by atoms with Gasteiger partial charge in [-0.1, -0.05) is 6.07 Å². The zero-order valence-corrected chi connectivity index (χ0v) is 17.9. The second-order valence-electron chi connectivity index (χ2n) is 7.15. The Morgan fingerprint density at radius 3 is 2.31 bits per heavy atom. The Morgan fingerprint density at radius 2 is 1.62 bits per heavy atom. The van der Waals surface area contributed by atoms with Crippen molar-refractivity contribution in [3.05, 3.63) is 41.5 Å². The molecule has 0 unspecified atom stereocenters. The van der Waals surface area contributed by atoms with Crippen molar-refractivity contribution in [2.75, 3.05) is 25.7 Å². The molecular formula is C21H18N2O8S. The first-order chi connectivity index (χ1) is 15.3. The molecule has 11 heteroatoms. The van der Waals surface area contributed by atoms with E-state index in [0.29, 0.717) is 50.5 Å². The van der Waals surface area contributed by atoms with E-state index in [-0.39, 0.29) is 24.7 Å². The van der Waals surface area contributed by atoms with Gasteiger partial charge in [0.25, 0.3) is 10.2 Å². The number of cyclic esters (lactones) is 1. The molecule has 166 valence electrons. The number of esters is 1. The third-order valence-electron chi connectivity index (χ3n) is 5.37. The highest BCUT2D eigenvalue weighted by Gasteiger charge is 2.33. The molecule has 0 fully saturated rings. The molecular weight excluding hydrogens is 440 g/mol. The van der Waals surface area contributed by atoms with Crippen LogP contribution in [0.2, 0.25) is 0 Å². The van der Waals surface area contributed by atoms with Crippen LogP contribution in [0.1, 0.15) is 15.9 Å². The first-order valence-corrected chi connectivity index (χ1v) is 11.0. The number of hydrogen-bond donors (Lipinski definition) is 2. The Bertz CT molecular complexity index is 1400. The average molecular weight is 458 g/mol. The molecule has 10 nitrogen and oxygen atoms in total. The summed E-state index contributed by atoms with van der Waals surface area (Å²) in [6.45, 7) is -0.0181. The molecule has 2 aliphatic heterocycles. The van der Waals surface area contributed by atoms with Gasteiger partial charge < -0.3 is 23.7 Å². The predicted octanol–water partition coefficient (Wildman–Crippen LogP) is 2.54. The van der Waals surface area contributed by atoms with Gasteiger partial charge in [-0.15, -0.1) is 0 Å². The Hall–Kier alpha value is -3.70. The van der Waals surface area contributed by atoms with E-state index in [4.69, 9.17) is 28.8 Å². The molecule has 0 saturated carbocycles. The van der Waals surface area contributed by atoms with Crippen LogP contribution in [-0.4, -0.2) is 35.4 Å². The quantitative estimate of drug-likeness (QED) is 0.557. The second-order valence-corrected chi connectivity index (χ2v) is 8.44. The number of ether oxygens (including phenoxy) is 5. The molecule has 0 amide bonds. The van der Waals surface area contributed by atoms with Crippen molar-refractivity contribution in [1.29, 1.82) is 0 Å². The fourth-order valence-electron chi connectivity index (χ4n) is 4.06. The van der Waals surface area contributed by atoms with Crippen molar-refractivity contribution in [1.82, 2.24) is 0 Å². The van der Waals surface area contributed by atoms with Crippen LogP contribution >= 0.6 is 0 Å². The zero-order chi connectivity index (χ0) is 22.6.